The molecule has 0 radical (unpaired) electrons. The number of aliphatic hydroxyl groups excluding tert-OH is 1. The molecule has 13 heavy (non-hydrogen) atoms. The van der Waals surface area contributed by atoms with Gasteiger partial charge in [-0.15, -0.1) is 0 Å². The Morgan fingerprint density at radius 1 is 1.54 bits per heavy atom. The molecule has 1 unspecified atom stereocenters. The van der Waals surface area contributed by atoms with E-state index in [1.54, 1.807) is 7.11 Å². The van der Waals surface area contributed by atoms with Crippen LogP contribution in [0.25, 0.3) is 0 Å². The number of hydrogen-bond donors (Lipinski definition) is 2. The Morgan fingerprint density at radius 2 is 2.15 bits per heavy atom. The van der Waals surface area contributed by atoms with Gasteiger partial charge >= 0.3 is 0 Å². The molecule has 1 atom stereocenters. The van der Waals surface area contributed by atoms with Crippen LogP contribution in [0.15, 0.2) is 0 Å². The molecule has 1 aliphatic rings. The van der Waals surface area contributed by atoms with Crippen LogP contribution in [0.4, 0.5) is 0 Å². The van der Waals surface area contributed by atoms with E-state index in [4.69, 9.17) is 4.74 Å². The fourth-order valence-corrected chi connectivity index (χ4v) is 1.97. The average molecular weight is 187 g/mol. The van der Waals surface area contributed by atoms with Gasteiger partial charge in [-0.25, -0.2) is 0 Å². The lowest BCUT2D eigenvalue weighted by Gasteiger charge is -2.34. The highest BCUT2D eigenvalue weighted by Gasteiger charge is 2.45. The molecular formula is C10H21NO2. The lowest BCUT2D eigenvalue weighted by Crippen LogP contribution is -2.56. The zero-order valence-corrected chi connectivity index (χ0v) is 8.84. The molecule has 0 bridgehead atoms. The number of hydrogen-bond acceptors (Lipinski definition) is 3. The van der Waals surface area contributed by atoms with Crippen LogP contribution in [0.5, 0.6) is 0 Å². The van der Waals surface area contributed by atoms with Crippen molar-refractivity contribution in [1.29, 1.82) is 0 Å². The van der Waals surface area contributed by atoms with Gasteiger partial charge in [-0.2, -0.15) is 0 Å². The van der Waals surface area contributed by atoms with Crippen LogP contribution >= 0.6 is 0 Å². The predicted octanol–water partition coefficient (Wildman–Crippen LogP) is 0.772. The molecule has 0 aromatic carbocycles. The molecule has 2 N–H and O–H groups in total. The molecule has 0 aliphatic heterocycles. The lowest BCUT2D eigenvalue weighted by atomic mass is 9.94. The molecular weight excluding hydrogens is 166 g/mol. The summed E-state index contributed by atoms with van der Waals surface area (Å²) < 4.78 is 5.18. The smallest absolute Gasteiger partial charge is 0.0681 e. The van der Waals surface area contributed by atoms with Gasteiger partial charge in [-0.1, -0.05) is 13.8 Å². The highest BCUT2D eigenvalue weighted by molar-refractivity contribution is 5.01. The van der Waals surface area contributed by atoms with Crippen molar-refractivity contribution in [3.63, 3.8) is 0 Å². The van der Waals surface area contributed by atoms with E-state index in [0.29, 0.717) is 18.6 Å². The monoisotopic (exact) mass is 187 g/mol. The van der Waals surface area contributed by atoms with Crippen molar-refractivity contribution in [2.24, 2.45) is 5.92 Å². The average Bonchev–Trinajstić information content (AvgIpc) is 2.85. The van der Waals surface area contributed by atoms with Crippen molar-refractivity contribution in [1.82, 2.24) is 5.32 Å². The lowest BCUT2D eigenvalue weighted by molar-refractivity contribution is 0.0427. The summed E-state index contributed by atoms with van der Waals surface area (Å²) in [4.78, 5) is 0. The van der Waals surface area contributed by atoms with E-state index in [9.17, 15) is 5.11 Å². The van der Waals surface area contributed by atoms with Crippen LogP contribution in [-0.4, -0.2) is 37.0 Å². The Kier molecular flexibility index (Phi) is 3.71. The third kappa shape index (κ3) is 2.66. The van der Waals surface area contributed by atoms with Gasteiger partial charge in [0, 0.05) is 13.2 Å². The fourth-order valence-electron chi connectivity index (χ4n) is 1.97. The molecule has 0 spiro atoms. The summed E-state index contributed by atoms with van der Waals surface area (Å²) in [6.07, 6.45) is 2.42. The van der Waals surface area contributed by atoms with Crippen molar-refractivity contribution in [2.75, 3.05) is 20.3 Å². The second kappa shape index (κ2) is 4.40. The van der Waals surface area contributed by atoms with Crippen molar-refractivity contribution in [3.8, 4) is 0 Å². The zero-order valence-electron chi connectivity index (χ0n) is 8.84. The van der Waals surface area contributed by atoms with Gasteiger partial charge < -0.3 is 15.2 Å². The Balaban J connectivity index is 2.57. The van der Waals surface area contributed by atoms with Crippen LogP contribution in [-0.2, 0) is 4.74 Å². The van der Waals surface area contributed by atoms with Gasteiger partial charge in [0.25, 0.3) is 0 Å². The highest BCUT2D eigenvalue weighted by atomic mass is 16.5. The maximum absolute atomic E-state index is 9.42. The summed E-state index contributed by atoms with van der Waals surface area (Å²) in [6, 6.07) is 0.392. The Labute approximate surface area is 80.5 Å². The molecule has 1 saturated carbocycles. The number of methoxy groups -OCH3 is 1. The Bertz CT molecular complexity index is 157. The third-order valence-corrected chi connectivity index (χ3v) is 2.62. The SMILES string of the molecule is COCC(CO)(NC(C)C)C1CC1. The van der Waals surface area contributed by atoms with Crippen molar-refractivity contribution >= 4 is 0 Å². The first-order valence-corrected chi connectivity index (χ1v) is 5.02. The van der Waals surface area contributed by atoms with Crippen LogP contribution < -0.4 is 5.32 Å². The van der Waals surface area contributed by atoms with Gasteiger partial charge in [0.05, 0.1) is 18.8 Å². The molecule has 0 aromatic rings. The van der Waals surface area contributed by atoms with Crippen LogP contribution in [0.3, 0.4) is 0 Å². The molecule has 0 heterocycles. The second-order valence-electron chi connectivity index (χ2n) is 4.32. The highest BCUT2D eigenvalue weighted by Crippen LogP contribution is 2.39. The predicted molar refractivity (Wildman–Crippen MR) is 52.7 cm³/mol. The molecule has 1 fully saturated rings. The van der Waals surface area contributed by atoms with E-state index in [1.807, 2.05) is 0 Å². The van der Waals surface area contributed by atoms with Crippen molar-refractivity contribution in [2.45, 2.75) is 38.3 Å². The number of rotatable bonds is 6. The number of nitrogens with one attached hydrogen (secondary N) is 1. The van der Waals surface area contributed by atoms with Crippen LogP contribution in [0.2, 0.25) is 0 Å². The van der Waals surface area contributed by atoms with Gasteiger partial charge in [0.2, 0.25) is 0 Å². The fraction of sp³-hybridized carbons (Fsp3) is 1.00. The maximum Gasteiger partial charge on any atom is 0.0681 e. The molecule has 1 rings (SSSR count). The number of aliphatic hydroxyl groups is 1. The largest absolute Gasteiger partial charge is 0.394 e. The van der Waals surface area contributed by atoms with E-state index < -0.39 is 0 Å². The summed E-state index contributed by atoms with van der Waals surface area (Å²) >= 11 is 0. The topological polar surface area (TPSA) is 41.5 Å². The molecule has 78 valence electrons. The van der Waals surface area contributed by atoms with Crippen molar-refractivity contribution < 1.29 is 9.84 Å². The van der Waals surface area contributed by atoms with Crippen LogP contribution in [0, 0.1) is 5.92 Å². The van der Waals surface area contributed by atoms with Gasteiger partial charge in [0.1, 0.15) is 0 Å². The zero-order chi connectivity index (χ0) is 9.90. The molecule has 3 heteroatoms. The standard InChI is InChI=1S/C10H21NO2/c1-8(2)11-10(6-12,7-13-3)9-4-5-9/h8-9,11-12H,4-7H2,1-3H3. The minimum absolute atomic E-state index is 0.170. The Morgan fingerprint density at radius 3 is 2.46 bits per heavy atom. The van der Waals surface area contributed by atoms with E-state index in [0.717, 1.165) is 0 Å². The van der Waals surface area contributed by atoms with E-state index in [-0.39, 0.29) is 12.1 Å². The second-order valence-corrected chi connectivity index (χ2v) is 4.32. The van der Waals surface area contributed by atoms with Gasteiger partial charge in [0.15, 0.2) is 0 Å². The van der Waals surface area contributed by atoms with E-state index in [2.05, 4.69) is 19.2 Å². The molecule has 1 aliphatic carbocycles. The molecule has 0 aromatic heterocycles. The van der Waals surface area contributed by atoms with E-state index >= 15 is 0 Å². The molecule has 0 saturated heterocycles. The van der Waals surface area contributed by atoms with Gasteiger partial charge in [-0.05, 0) is 18.8 Å². The first kappa shape index (κ1) is 11.0. The quantitative estimate of drug-likeness (QED) is 0.645. The summed E-state index contributed by atoms with van der Waals surface area (Å²) in [5, 5.41) is 12.9. The summed E-state index contributed by atoms with van der Waals surface area (Å²) in [6.45, 7) is 4.97. The summed E-state index contributed by atoms with van der Waals surface area (Å²) in [5.41, 5.74) is -0.192. The maximum atomic E-state index is 9.42. The van der Waals surface area contributed by atoms with Crippen molar-refractivity contribution in [3.05, 3.63) is 0 Å². The first-order chi connectivity index (χ1) is 6.14. The minimum Gasteiger partial charge on any atom is -0.394 e. The summed E-state index contributed by atoms with van der Waals surface area (Å²) in [7, 11) is 1.69. The first-order valence-electron chi connectivity index (χ1n) is 5.02. The van der Waals surface area contributed by atoms with E-state index in [1.165, 1.54) is 12.8 Å². The van der Waals surface area contributed by atoms with Gasteiger partial charge in [-0.3, -0.25) is 0 Å². The third-order valence-electron chi connectivity index (χ3n) is 2.62. The molecule has 0 amide bonds. The summed E-state index contributed by atoms with van der Waals surface area (Å²) in [5.74, 6) is 0.597. The van der Waals surface area contributed by atoms with Crippen LogP contribution in [0.1, 0.15) is 26.7 Å². The molecule has 3 nitrogen and oxygen atoms in total. The normalized spacial score (nSPS) is 21.9. The Hall–Kier alpha value is -0.120. The number of ether oxygens (including phenoxy) is 1. The minimum atomic E-state index is -0.192.